The maximum absolute atomic E-state index is 13.6. The molecular weight excluding hydrogens is 325 g/mol. The van der Waals surface area contributed by atoms with Crippen molar-refractivity contribution >= 4 is 27.4 Å². The zero-order valence-electron chi connectivity index (χ0n) is 9.41. The summed E-state index contributed by atoms with van der Waals surface area (Å²) in [7, 11) is 0. The van der Waals surface area contributed by atoms with E-state index < -0.39 is 12.4 Å². The average molecular weight is 333 g/mol. The molecule has 7 heteroatoms. The molecule has 0 saturated carbocycles. The fourth-order valence-electron chi connectivity index (χ4n) is 1.40. The fourth-order valence-corrected chi connectivity index (χ4v) is 1.71. The summed E-state index contributed by atoms with van der Waals surface area (Å²) in [6, 6.07) is 7.20. The molecule has 0 saturated heterocycles. The Kier molecular flexibility index (Phi) is 4.26. The lowest BCUT2D eigenvalue weighted by molar-refractivity contribution is -0.0493. The standard InChI is InChI=1S/C12H8BrF3N2O/c13-7-5-8(14)11(17-6-7)18-9-3-1-2-4-10(9)19-12(15)16/h1-6,12H,(H,17,18). The van der Waals surface area contributed by atoms with Gasteiger partial charge >= 0.3 is 6.61 Å². The molecule has 0 aliphatic heterocycles. The molecule has 0 fully saturated rings. The Labute approximate surface area is 115 Å². The van der Waals surface area contributed by atoms with Gasteiger partial charge in [-0.25, -0.2) is 9.37 Å². The molecule has 0 spiro atoms. The normalized spacial score (nSPS) is 10.6. The van der Waals surface area contributed by atoms with Crippen LogP contribution >= 0.6 is 15.9 Å². The van der Waals surface area contributed by atoms with Gasteiger partial charge < -0.3 is 10.1 Å². The van der Waals surface area contributed by atoms with Crippen LogP contribution in [0.3, 0.4) is 0 Å². The van der Waals surface area contributed by atoms with Crippen molar-refractivity contribution in [2.45, 2.75) is 6.61 Å². The van der Waals surface area contributed by atoms with Gasteiger partial charge in [0.1, 0.15) is 5.75 Å². The topological polar surface area (TPSA) is 34.2 Å². The quantitative estimate of drug-likeness (QED) is 0.904. The Bertz CT molecular complexity index is 581. The molecule has 0 aliphatic carbocycles. The van der Waals surface area contributed by atoms with E-state index in [1.165, 1.54) is 30.5 Å². The SMILES string of the molecule is Fc1cc(Br)cnc1Nc1ccccc1OC(F)F. The molecule has 0 bridgehead atoms. The summed E-state index contributed by atoms with van der Waals surface area (Å²) in [5.74, 6) is -0.767. The van der Waals surface area contributed by atoms with Crippen molar-refractivity contribution in [2.75, 3.05) is 5.32 Å². The van der Waals surface area contributed by atoms with Gasteiger partial charge in [-0.15, -0.1) is 0 Å². The lowest BCUT2D eigenvalue weighted by atomic mass is 10.3. The largest absolute Gasteiger partial charge is 0.433 e. The van der Waals surface area contributed by atoms with Crippen LogP contribution in [0.2, 0.25) is 0 Å². The van der Waals surface area contributed by atoms with Gasteiger partial charge in [0.25, 0.3) is 0 Å². The number of para-hydroxylation sites is 2. The van der Waals surface area contributed by atoms with Gasteiger partial charge in [0.2, 0.25) is 0 Å². The maximum atomic E-state index is 13.6. The van der Waals surface area contributed by atoms with Gasteiger partial charge in [-0.2, -0.15) is 8.78 Å². The van der Waals surface area contributed by atoms with Gasteiger partial charge in [-0.1, -0.05) is 12.1 Å². The number of pyridine rings is 1. The highest BCUT2D eigenvalue weighted by atomic mass is 79.9. The predicted molar refractivity (Wildman–Crippen MR) is 68.3 cm³/mol. The smallest absolute Gasteiger partial charge is 0.387 e. The third kappa shape index (κ3) is 3.60. The third-order valence-electron chi connectivity index (χ3n) is 2.16. The lowest BCUT2D eigenvalue weighted by Gasteiger charge is -2.12. The van der Waals surface area contributed by atoms with Crippen LogP contribution < -0.4 is 10.1 Å². The molecule has 0 unspecified atom stereocenters. The minimum absolute atomic E-state index is 0.0754. The highest BCUT2D eigenvalue weighted by Gasteiger charge is 2.11. The van der Waals surface area contributed by atoms with Crippen molar-refractivity contribution in [2.24, 2.45) is 0 Å². The van der Waals surface area contributed by atoms with Crippen molar-refractivity contribution < 1.29 is 17.9 Å². The van der Waals surface area contributed by atoms with Gasteiger partial charge in [-0.3, -0.25) is 0 Å². The second-order valence-corrected chi connectivity index (χ2v) is 4.40. The molecular formula is C12H8BrF3N2O. The molecule has 1 heterocycles. The third-order valence-corrected chi connectivity index (χ3v) is 2.60. The fraction of sp³-hybridized carbons (Fsp3) is 0.0833. The van der Waals surface area contributed by atoms with Crippen molar-refractivity contribution in [1.82, 2.24) is 4.98 Å². The predicted octanol–water partition coefficient (Wildman–Crippen LogP) is 4.33. The summed E-state index contributed by atoms with van der Waals surface area (Å²) in [5, 5.41) is 2.61. The molecule has 0 aliphatic rings. The van der Waals surface area contributed by atoms with Crippen LogP contribution in [0.5, 0.6) is 5.75 Å². The molecule has 0 amide bonds. The number of hydrogen-bond acceptors (Lipinski definition) is 3. The lowest BCUT2D eigenvalue weighted by Crippen LogP contribution is -2.05. The molecule has 2 rings (SSSR count). The number of hydrogen-bond donors (Lipinski definition) is 1. The van der Waals surface area contributed by atoms with E-state index in [0.717, 1.165) is 0 Å². The number of aromatic nitrogens is 1. The summed E-state index contributed by atoms with van der Waals surface area (Å²) >= 11 is 3.07. The first-order chi connectivity index (χ1) is 9.06. The zero-order chi connectivity index (χ0) is 13.8. The molecule has 1 aromatic carbocycles. The minimum atomic E-state index is -2.95. The summed E-state index contributed by atoms with van der Waals surface area (Å²) in [6.45, 7) is -2.95. The van der Waals surface area contributed by atoms with E-state index in [1.54, 1.807) is 6.07 Å². The first kappa shape index (κ1) is 13.7. The highest BCUT2D eigenvalue weighted by Crippen LogP contribution is 2.29. The van der Waals surface area contributed by atoms with Crippen LogP contribution in [0.15, 0.2) is 41.0 Å². The van der Waals surface area contributed by atoms with E-state index in [4.69, 9.17) is 0 Å². The van der Waals surface area contributed by atoms with Gasteiger partial charge in [-0.05, 0) is 34.1 Å². The van der Waals surface area contributed by atoms with Crippen LogP contribution in [0.1, 0.15) is 0 Å². The Morgan fingerprint density at radius 2 is 2.00 bits per heavy atom. The second kappa shape index (κ2) is 5.92. The molecule has 100 valence electrons. The average Bonchev–Trinajstić information content (AvgIpc) is 2.34. The van der Waals surface area contributed by atoms with E-state index in [0.29, 0.717) is 4.47 Å². The maximum Gasteiger partial charge on any atom is 0.387 e. The molecule has 3 nitrogen and oxygen atoms in total. The number of rotatable bonds is 4. The summed E-state index contributed by atoms with van der Waals surface area (Å²) in [6.07, 6.45) is 1.39. The van der Waals surface area contributed by atoms with E-state index in [1.807, 2.05) is 0 Å². The number of nitrogens with zero attached hydrogens (tertiary/aromatic N) is 1. The second-order valence-electron chi connectivity index (χ2n) is 3.48. The summed E-state index contributed by atoms with van der Waals surface area (Å²) < 4.78 is 42.8. The monoisotopic (exact) mass is 332 g/mol. The Morgan fingerprint density at radius 3 is 2.68 bits per heavy atom. The van der Waals surface area contributed by atoms with Crippen molar-refractivity contribution in [3.63, 3.8) is 0 Å². The summed E-state index contributed by atoms with van der Waals surface area (Å²) in [5.41, 5.74) is 0.205. The Morgan fingerprint density at radius 1 is 1.26 bits per heavy atom. The highest BCUT2D eigenvalue weighted by molar-refractivity contribution is 9.10. The van der Waals surface area contributed by atoms with Crippen LogP contribution in [0.4, 0.5) is 24.7 Å². The Hall–Kier alpha value is -1.76. The van der Waals surface area contributed by atoms with Crippen molar-refractivity contribution in [3.8, 4) is 5.75 Å². The van der Waals surface area contributed by atoms with Gasteiger partial charge in [0.05, 0.1) is 5.69 Å². The molecule has 0 radical (unpaired) electrons. The Balaban J connectivity index is 2.27. The summed E-state index contributed by atoms with van der Waals surface area (Å²) in [4.78, 5) is 3.82. The van der Waals surface area contributed by atoms with Crippen LogP contribution in [0, 0.1) is 5.82 Å². The molecule has 2 aromatic rings. The minimum Gasteiger partial charge on any atom is -0.433 e. The van der Waals surface area contributed by atoms with Crippen LogP contribution in [-0.2, 0) is 0 Å². The number of benzene rings is 1. The molecule has 1 N–H and O–H groups in total. The van der Waals surface area contributed by atoms with E-state index in [9.17, 15) is 13.2 Å². The molecule has 0 atom stereocenters. The number of nitrogens with one attached hydrogen (secondary N) is 1. The molecule has 1 aromatic heterocycles. The number of alkyl halides is 2. The van der Waals surface area contributed by atoms with Crippen LogP contribution in [0.25, 0.3) is 0 Å². The first-order valence-corrected chi connectivity index (χ1v) is 5.97. The van der Waals surface area contributed by atoms with E-state index in [2.05, 4.69) is 31.0 Å². The van der Waals surface area contributed by atoms with Gasteiger partial charge in [0.15, 0.2) is 11.6 Å². The van der Waals surface area contributed by atoms with Crippen LogP contribution in [-0.4, -0.2) is 11.6 Å². The van der Waals surface area contributed by atoms with E-state index in [-0.39, 0.29) is 17.3 Å². The number of ether oxygens (including phenoxy) is 1. The first-order valence-electron chi connectivity index (χ1n) is 5.18. The number of anilines is 2. The van der Waals surface area contributed by atoms with Crippen molar-refractivity contribution in [3.05, 3.63) is 46.8 Å². The van der Waals surface area contributed by atoms with Gasteiger partial charge in [0, 0.05) is 10.7 Å². The number of halogens is 4. The zero-order valence-corrected chi connectivity index (χ0v) is 11.0. The van der Waals surface area contributed by atoms with Crippen molar-refractivity contribution in [1.29, 1.82) is 0 Å². The molecule has 19 heavy (non-hydrogen) atoms. The van der Waals surface area contributed by atoms with E-state index >= 15 is 0 Å².